The van der Waals surface area contributed by atoms with Gasteiger partial charge < -0.3 is 19.1 Å². The monoisotopic (exact) mass is 543 g/mol. The smallest absolute Gasteiger partial charge is 0.416 e. The summed E-state index contributed by atoms with van der Waals surface area (Å²) in [6.07, 6.45) is 0.152. The highest BCUT2D eigenvalue weighted by atomic mass is 19.4. The van der Waals surface area contributed by atoms with Gasteiger partial charge in [0.1, 0.15) is 12.3 Å². The van der Waals surface area contributed by atoms with Gasteiger partial charge in [-0.25, -0.2) is 0 Å². The van der Waals surface area contributed by atoms with Crippen molar-refractivity contribution in [1.82, 2.24) is 14.4 Å². The van der Waals surface area contributed by atoms with Gasteiger partial charge in [0.25, 0.3) is 5.91 Å². The predicted molar refractivity (Wildman–Crippen MR) is 144 cm³/mol. The molecule has 0 spiro atoms. The molecule has 0 fully saturated rings. The van der Waals surface area contributed by atoms with Gasteiger partial charge in [-0.3, -0.25) is 9.59 Å². The van der Waals surface area contributed by atoms with E-state index < -0.39 is 11.7 Å². The molecule has 2 aromatic carbocycles. The number of hydrogen-bond acceptors (Lipinski definition) is 3. The van der Waals surface area contributed by atoms with Crippen molar-refractivity contribution < 1.29 is 27.5 Å². The highest BCUT2D eigenvalue weighted by Gasteiger charge is 2.30. The molecule has 3 rings (SSSR count). The van der Waals surface area contributed by atoms with Crippen molar-refractivity contribution in [2.45, 2.75) is 52.4 Å². The summed E-state index contributed by atoms with van der Waals surface area (Å²) in [5, 5.41) is 0. The summed E-state index contributed by atoms with van der Waals surface area (Å²) in [4.78, 5) is 29.8. The second kappa shape index (κ2) is 13.9. The quantitative estimate of drug-likeness (QED) is 0.240. The summed E-state index contributed by atoms with van der Waals surface area (Å²) in [7, 11) is 1.55. The molecule has 0 saturated carbocycles. The minimum absolute atomic E-state index is 0.0676. The molecule has 1 heterocycles. The summed E-state index contributed by atoms with van der Waals surface area (Å²) in [6.45, 7) is 5.28. The first-order valence-electron chi connectivity index (χ1n) is 13.2. The Hall–Kier alpha value is -3.75. The lowest BCUT2D eigenvalue weighted by atomic mass is 10.1. The number of carbonyl (C=O) groups is 2. The van der Waals surface area contributed by atoms with Gasteiger partial charge in [-0.05, 0) is 67.4 Å². The van der Waals surface area contributed by atoms with Gasteiger partial charge in [0.05, 0.1) is 19.2 Å². The number of methoxy groups -OCH3 is 1. The zero-order valence-electron chi connectivity index (χ0n) is 22.7. The Bertz CT molecular complexity index is 1220. The van der Waals surface area contributed by atoms with Crippen molar-refractivity contribution in [1.29, 1.82) is 0 Å². The van der Waals surface area contributed by atoms with Crippen LogP contribution in [0, 0.1) is 0 Å². The number of aromatic nitrogens is 1. The zero-order valence-corrected chi connectivity index (χ0v) is 22.7. The fraction of sp³-hybridized carbons (Fsp3) is 0.400. The molecule has 9 heteroatoms. The van der Waals surface area contributed by atoms with Gasteiger partial charge in [-0.15, -0.1) is 0 Å². The van der Waals surface area contributed by atoms with Crippen molar-refractivity contribution in [2.75, 3.05) is 26.7 Å². The van der Waals surface area contributed by atoms with Crippen molar-refractivity contribution in [3.05, 3.63) is 89.2 Å². The second-order valence-corrected chi connectivity index (χ2v) is 9.40. The van der Waals surface area contributed by atoms with E-state index in [0.717, 1.165) is 37.1 Å². The van der Waals surface area contributed by atoms with E-state index in [-0.39, 0.29) is 24.9 Å². The number of carbonyl (C=O) groups excluding carboxylic acids is 2. The fourth-order valence-electron chi connectivity index (χ4n) is 4.34. The summed E-state index contributed by atoms with van der Waals surface area (Å²) in [5.41, 5.74) is 1.11. The van der Waals surface area contributed by atoms with Crippen LogP contribution in [-0.2, 0) is 24.1 Å². The van der Waals surface area contributed by atoms with Crippen LogP contribution in [-0.4, -0.2) is 52.9 Å². The van der Waals surface area contributed by atoms with Crippen LogP contribution in [0.1, 0.15) is 60.3 Å². The van der Waals surface area contributed by atoms with Crippen molar-refractivity contribution in [3.63, 3.8) is 0 Å². The Kier molecular flexibility index (Phi) is 10.6. The molecule has 0 aliphatic heterocycles. The van der Waals surface area contributed by atoms with Crippen LogP contribution < -0.4 is 4.74 Å². The Balaban J connectivity index is 1.75. The number of alkyl halides is 3. The number of likely N-dealkylation sites (N-methyl/N-ethyl adjacent to an activating group) is 1. The molecule has 0 radical (unpaired) electrons. The number of ether oxygens (including phenoxy) is 1. The maximum Gasteiger partial charge on any atom is 0.416 e. The van der Waals surface area contributed by atoms with E-state index in [2.05, 4.69) is 6.92 Å². The highest BCUT2D eigenvalue weighted by Crippen LogP contribution is 2.29. The normalized spacial score (nSPS) is 11.3. The van der Waals surface area contributed by atoms with E-state index >= 15 is 0 Å². The van der Waals surface area contributed by atoms with E-state index in [1.165, 1.54) is 11.0 Å². The summed E-state index contributed by atoms with van der Waals surface area (Å²) >= 11 is 0. The van der Waals surface area contributed by atoms with E-state index in [1.54, 1.807) is 48.5 Å². The van der Waals surface area contributed by atoms with Crippen molar-refractivity contribution in [3.8, 4) is 5.75 Å². The Morgan fingerprint density at radius 1 is 0.949 bits per heavy atom. The molecule has 0 N–H and O–H groups in total. The molecule has 0 atom stereocenters. The van der Waals surface area contributed by atoms with Crippen LogP contribution in [0.25, 0.3) is 0 Å². The van der Waals surface area contributed by atoms with Gasteiger partial charge in [-0.2, -0.15) is 13.2 Å². The SMILES string of the molecule is CCCCCN(Cc1cccn1Cc1cccc(C(F)(F)F)c1)C(=O)CN(CC)C(=O)c1ccc(OC)cc1. The third-order valence-electron chi connectivity index (χ3n) is 6.60. The molecule has 0 aliphatic carbocycles. The van der Waals surface area contributed by atoms with Gasteiger partial charge in [0.15, 0.2) is 0 Å². The third-order valence-corrected chi connectivity index (χ3v) is 6.60. The topological polar surface area (TPSA) is 54.8 Å². The summed E-state index contributed by atoms with van der Waals surface area (Å²) in [6, 6.07) is 15.7. The number of benzene rings is 2. The van der Waals surface area contributed by atoms with E-state index in [0.29, 0.717) is 36.5 Å². The minimum Gasteiger partial charge on any atom is -0.497 e. The highest BCUT2D eigenvalue weighted by molar-refractivity contribution is 5.96. The van der Waals surface area contributed by atoms with Gasteiger partial charge in [0, 0.05) is 37.1 Å². The third kappa shape index (κ3) is 8.37. The molecule has 3 aromatic rings. The molecular weight excluding hydrogens is 507 g/mol. The molecule has 210 valence electrons. The Labute approximate surface area is 228 Å². The Morgan fingerprint density at radius 2 is 1.69 bits per heavy atom. The number of unbranched alkanes of at least 4 members (excludes halogenated alkanes) is 2. The molecule has 39 heavy (non-hydrogen) atoms. The van der Waals surface area contributed by atoms with Crippen LogP contribution in [0.15, 0.2) is 66.9 Å². The van der Waals surface area contributed by atoms with E-state index in [1.807, 2.05) is 23.6 Å². The average molecular weight is 544 g/mol. The zero-order chi connectivity index (χ0) is 28.4. The molecule has 1 aromatic heterocycles. The van der Waals surface area contributed by atoms with Crippen molar-refractivity contribution in [2.24, 2.45) is 0 Å². The molecule has 0 bridgehead atoms. The van der Waals surface area contributed by atoms with Crippen molar-refractivity contribution >= 4 is 11.8 Å². The largest absolute Gasteiger partial charge is 0.497 e. The van der Waals surface area contributed by atoms with Gasteiger partial charge in [0.2, 0.25) is 5.91 Å². The van der Waals surface area contributed by atoms with Gasteiger partial charge in [-0.1, -0.05) is 31.9 Å². The Morgan fingerprint density at radius 3 is 2.33 bits per heavy atom. The lowest BCUT2D eigenvalue weighted by Crippen LogP contribution is -2.43. The van der Waals surface area contributed by atoms with Gasteiger partial charge >= 0.3 is 6.18 Å². The summed E-state index contributed by atoms with van der Waals surface area (Å²) in [5.74, 6) is 0.220. The molecule has 0 aliphatic rings. The number of halogens is 3. The second-order valence-electron chi connectivity index (χ2n) is 9.40. The van der Waals surface area contributed by atoms with Crippen LogP contribution in [0.4, 0.5) is 13.2 Å². The van der Waals surface area contributed by atoms with E-state index in [9.17, 15) is 22.8 Å². The summed E-state index contributed by atoms with van der Waals surface area (Å²) < 4.78 is 46.6. The van der Waals surface area contributed by atoms with Crippen LogP contribution in [0.5, 0.6) is 5.75 Å². The first-order valence-corrected chi connectivity index (χ1v) is 13.2. The molecule has 0 saturated heterocycles. The van der Waals surface area contributed by atoms with Crippen LogP contribution >= 0.6 is 0 Å². The minimum atomic E-state index is -4.41. The number of nitrogens with zero attached hydrogens (tertiary/aromatic N) is 3. The average Bonchev–Trinajstić information content (AvgIpc) is 3.36. The first kappa shape index (κ1) is 29.8. The maximum atomic E-state index is 13.5. The standard InChI is InChI=1S/C30H36F3N3O3/c1-4-6-7-17-36(28(37)22-34(5-2)29(38)24-13-15-27(39-3)16-14-24)21-26-12-9-18-35(26)20-23-10-8-11-25(19-23)30(31,32)33/h8-16,18-19H,4-7,17,20-22H2,1-3H3. The first-order chi connectivity index (χ1) is 18.7. The number of rotatable bonds is 13. The molecule has 2 amide bonds. The van der Waals surface area contributed by atoms with Crippen LogP contribution in [0.2, 0.25) is 0 Å². The molecule has 0 unspecified atom stereocenters. The molecule has 6 nitrogen and oxygen atoms in total. The molecular formula is C30H36F3N3O3. The van der Waals surface area contributed by atoms with Crippen LogP contribution in [0.3, 0.4) is 0 Å². The maximum absolute atomic E-state index is 13.5. The van der Waals surface area contributed by atoms with E-state index in [4.69, 9.17) is 4.74 Å². The number of amides is 2. The predicted octanol–water partition coefficient (Wildman–Crippen LogP) is 6.24. The number of hydrogen-bond donors (Lipinski definition) is 0. The lowest BCUT2D eigenvalue weighted by Gasteiger charge is -2.28. The fourth-order valence-corrected chi connectivity index (χ4v) is 4.34. The lowest BCUT2D eigenvalue weighted by molar-refractivity contribution is -0.137.